The lowest BCUT2D eigenvalue weighted by Crippen LogP contribution is -1.68. The van der Waals surface area contributed by atoms with Gasteiger partial charge < -0.3 is 0 Å². The predicted octanol–water partition coefficient (Wildman–Crippen LogP) is 1.75. The lowest BCUT2D eigenvalue weighted by Gasteiger charge is -1.71. The van der Waals surface area contributed by atoms with Gasteiger partial charge in [-0.2, -0.15) is 4.37 Å². The molecule has 4 heteroatoms. The summed E-state index contributed by atoms with van der Waals surface area (Å²) in [6.45, 7) is 0. The van der Waals surface area contributed by atoms with Crippen molar-refractivity contribution in [2.45, 2.75) is 0 Å². The highest BCUT2D eigenvalue weighted by Crippen LogP contribution is 1.96. The summed E-state index contributed by atoms with van der Waals surface area (Å²) >= 11 is 6.55. The fourth-order valence-corrected chi connectivity index (χ4v) is 0.839. The number of nitrogens with zero attached hydrogens (tertiary/aromatic N) is 2. The van der Waals surface area contributed by atoms with Crippen molar-refractivity contribution in [2.24, 2.45) is 0 Å². The van der Waals surface area contributed by atoms with Crippen LogP contribution < -0.4 is 0 Å². The molecule has 0 bridgehead atoms. The Morgan fingerprint density at radius 1 is 1.75 bits per heavy atom. The van der Waals surface area contributed by atoms with Gasteiger partial charge in [-0.1, -0.05) is 11.6 Å². The molecule has 1 aromatic heterocycles. The van der Waals surface area contributed by atoms with E-state index in [1.807, 2.05) is 0 Å². The lowest BCUT2D eigenvalue weighted by atomic mass is 10.6. The van der Waals surface area contributed by atoms with Gasteiger partial charge in [-0.25, -0.2) is 4.98 Å². The largest absolute Gasteiger partial charge is 0.224 e. The van der Waals surface area contributed by atoms with E-state index in [-0.39, 0.29) is 0 Å². The highest BCUT2D eigenvalue weighted by molar-refractivity contribution is 7.03. The van der Waals surface area contributed by atoms with Crippen molar-refractivity contribution in [3.63, 3.8) is 0 Å². The summed E-state index contributed by atoms with van der Waals surface area (Å²) in [5.41, 5.74) is 3.05. The van der Waals surface area contributed by atoms with Gasteiger partial charge in [-0.05, 0) is 17.6 Å². The van der Waals surface area contributed by atoms with Crippen LogP contribution in [0.25, 0.3) is 6.08 Å². The molecule has 0 aliphatic carbocycles. The molecule has 0 saturated carbocycles. The lowest BCUT2D eigenvalue weighted by molar-refractivity contribution is 1.28. The van der Waals surface area contributed by atoms with E-state index in [2.05, 4.69) is 9.36 Å². The molecule has 2 nitrogen and oxygen atoms in total. The summed E-state index contributed by atoms with van der Waals surface area (Å²) in [6, 6.07) is 0. The molecule has 0 N–H and O–H groups in total. The monoisotopic (exact) mass is 146 g/mol. The molecule has 0 amide bonds. The number of aromatic nitrogens is 2. The maximum atomic E-state index is 5.24. The van der Waals surface area contributed by atoms with Gasteiger partial charge in [0.15, 0.2) is 5.82 Å². The maximum absolute atomic E-state index is 5.24. The normalized spacial score (nSPS) is 10.6. The number of hydrogen-bond acceptors (Lipinski definition) is 3. The van der Waals surface area contributed by atoms with Crippen LogP contribution in [0, 0.1) is 0 Å². The van der Waals surface area contributed by atoms with Gasteiger partial charge in [-0.15, -0.1) is 0 Å². The first-order valence-electron chi connectivity index (χ1n) is 1.96. The fourth-order valence-electron chi connectivity index (χ4n) is 0.309. The molecule has 0 aromatic carbocycles. The van der Waals surface area contributed by atoms with Crippen LogP contribution in [0.5, 0.6) is 0 Å². The van der Waals surface area contributed by atoms with E-state index in [0.717, 1.165) is 0 Å². The molecule has 0 unspecified atom stereocenters. The number of halogens is 1. The van der Waals surface area contributed by atoms with Gasteiger partial charge in [0.25, 0.3) is 0 Å². The smallest absolute Gasteiger partial charge is 0.166 e. The van der Waals surface area contributed by atoms with Gasteiger partial charge in [0, 0.05) is 5.54 Å². The van der Waals surface area contributed by atoms with Gasteiger partial charge >= 0.3 is 0 Å². The van der Waals surface area contributed by atoms with Crippen molar-refractivity contribution in [1.29, 1.82) is 0 Å². The Morgan fingerprint density at radius 2 is 2.62 bits per heavy atom. The Morgan fingerprint density at radius 3 is 3.12 bits per heavy atom. The summed E-state index contributed by atoms with van der Waals surface area (Å²) < 4.78 is 3.87. The molecule has 0 aliphatic heterocycles. The molecule has 0 spiro atoms. The molecule has 1 heterocycles. The van der Waals surface area contributed by atoms with Gasteiger partial charge in [0.1, 0.15) is 5.51 Å². The number of hydrogen-bond donors (Lipinski definition) is 0. The zero-order valence-corrected chi connectivity index (χ0v) is 5.49. The third kappa shape index (κ3) is 1.28. The van der Waals surface area contributed by atoms with Crippen LogP contribution in [-0.2, 0) is 0 Å². The minimum atomic E-state index is 0.671. The summed E-state index contributed by atoms with van der Waals surface area (Å²) in [4.78, 5) is 3.84. The zero-order chi connectivity index (χ0) is 5.82. The van der Waals surface area contributed by atoms with Crippen molar-refractivity contribution < 1.29 is 0 Å². The molecule has 0 saturated heterocycles. The van der Waals surface area contributed by atoms with Crippen LogP contribution in [0.1, 0.15) is 5.82 Å². The first kappa shape index (κ1) is 5.72. The molecular weight excluding hydrogens is 144 g/mol. The van der Waals surface area contributed by atoms with E-state index in [1.165, 1.54) is 17.1 Å². The molecule has 0 radical (unpaired) electrons. The standard InChI is InChI=1S/C4H3ClN2S/c5-2-1-4-6-3-8-7-4/h1-3H/b2-1+. The summed E-state index contributed by atoms with van der Waals surface area (Å²) in [7, 11) is 0. The van der Waals surface area contributed by atoms with Gasteiger partial charge in [0.05, 0.1) is 0 Å². The minimum Gasteiger partial charge on any atom is -0.224 e. The average Bonchev–Trinajstić information content (AvgIpc) is 2.19. The number of rotatable bonds is 1. The predicted molar refractivity (Wildman–Crippen MR) is 34.8 cm³/mol. The molecule has 0 aliphatic rings. The maximum Gasteiger partial charge on any atom is 0.166 e. The van der Waals surface area contributed by atoms with E-state index in [0.29, 0.717) is 5.82 Å². The van der Waals surface area contributed by atoms with Gasteiger partial charge in [-0.3, -0.25) is 0 Å². The van der Waals surface area contributed by atoms with Crippen molar-refractivity contribution >= 4 is 29.2 Å². The van der Waals surface area contributed by atoms with E-state index >= 15 is 0 Å². The second kappa shape index (κ2) is 2.79. The minimum absolute atomic E-state index is 0.671. The average molecular weight is 147 g/mol. The molecule has 1 aromatic rings. The Kier molecular flexibility index (Phi) is 2.00. The van der Waals surface area contributed by atoms with Crippen LogP contribution in [0.2, 0.25) is 0 Å². The molecule has 42 valence electrons. The first-order valence-corrected chi connectivity index (χ1v) is 3.24. The Balaban J connectivity index is 2.77. The zero-order valence-electron chi connectivity index (χ0n) is 3.91. The molecule has 0 atom stereocenters. The Bertz CT molecular complexity index is 170. The van der Waals surface area contributed by atoms with Crippen molar-refractivity contribution in [3.05, 3.63) is 16.9 Å². The molecule has 0 fully saturated rings. The van der Waals surface area contributed by atoms with E-state index in [4.69, 9.17) is 11.6 Å². The third-order valence-corrected chi connectivity index (χ3v) is 1.21. The molecule has 8 heavy (non-hydrogen) atoms. The summed E-state index contributed by atoms with van der Waals surface area (Å²) in [5.74, 6) is 0.671. The second-order valence-corrected chi connectivity index (χ2v) is 1.94. The van der Waals surface area contributed by atoms with Crippen LogP contribution in [0.15, 0.2) is 11.0 Å². The molecule has 1 rings (SSSR count). The molecular formula is C4H3ClN2S. The van der Waals surface area contributed by atoms with Gasteiger partial charge in [0.2, 0.25) is 0 Å². The Hall–Kier alpha value is -0.410. The van der Waals surface area contributed by atoms with Crippen molar-refractivity contribution in [2.75, 3.05) is 0 Å². The quantitative estimate of drug-likeness (QED) is 0.603. The first-order chi connectivity index (χ1) is 3.93. The highest BCUT2D eigenvalue weighted by atomic mass is 35.5. The van der Waals surface area contributed by atoms with E-state index in [1.54, 1.807) is 11.6 Å². The van der Waals surface area contributed by atoms with Crippen LogP contribution >= 0.6 is 23.1 Å². The Labute approximate surface area is 56.0 Å². The summed E-state index contributed by atoms with van der Waals surface area (Å²) in [6.07, 6.45) is 1.64. The SMILES string of the molecule is Cl/C=C/c1ncsn1. The highest BCUT2D eigenvalue weighted by Gasteiger charge is 1.84. The van der Waals surface area contributed by atoms with Crippen molar-refractivity contribution in [3.8, 4) is 0 Å². The third-order valence-electron chi connectivity index (χ3n) is 0.590. The van der Waals surface area contributed by atoms with E-state index in [9.17, 15) is 0 Å². The summed E-state index contributed by atoms with van der Waals surface area (Å²) in [5, 5.41) is 0. The topological polar surface area (TPSA) is 25.8 Å². The van der Waals surface area contributed by atoms with Crippen LogP contribution in [0.3, 0.4) is 0 Å². The fraction of sp³-hybridized carbons (Fsp3) is 0. The van der Waals surface area contributed by atoms with Crippen LogP contribution in [0.4, 0.5) is 0 Å². The van der Waals surface area contributed by atoms with E-state index < -0.39 is 0 Å². The van der Waals surface area contributed by atoms with Crippen LogP contribution in [-0.4, -0.2) is 9.36 Å². The second-order valence-electron chi connectivity index (χ2n) is 1.08. The van der Waals surface area contributed by atoms with Crippen molar-refractivity contribution in [1.82, 2.24) is 9.36 Å².